The molecule has 0 aliphatic carbocycles. The highest BCUT2D eigenvalue weighted by molar-refractivity contribution is 7.99. The summed E-state index contributed by atoms with van der Waals surface area (Å²) in [4.78, 5) is 2.50. The van der Waals surface area contributed by atoms with Crippen molar-refractivity contribution in [2.45, 2.75) is 39.2 Å². The van der Waals surface area contributed by atoms with Crippen LogP contribution in [-0.2, 0) is 0 Å². The maximum Gasteiger partial charge on any atom is 0.0158 e. The Morgan fingerprint density at radius 1 is 1.33 bits per heavy atom. The molecule has 0 aromatic rings. The van der Waals surface area contributed by atoms with E-state index in [0.29, 0.717) is 0 Å². The zero-order valence-corrected chi connectivity index (χ0v) is 11.1. The predicted octanol–water partition coefficient (Wildman–Crippen LogP) is 2.20. The standard InChI is InChI=1S/C12H26N2S/c1-3-14(4-2)9-6-8-13-12-7-5-10-15-11-12/h12-13H,3-11H2,1-2H3. The largest absolute Gasteiger partial charge is 0.313 e. The van der Waals surface area contributed by atoms with E-state index < -0.39 is 0 Å². The van der Waals surface area contributed by atoms with E-state index in [0.717, 1.165) is 6.04 Å². The zero-order chi connectivity index (χ0) is 10.9. The summed E-state index contributed by atoms with van der Waals surface area (Å²) in [6, 6.07) is 0.792. The van der Waals surface area contributed by atoms with Gasteiger partial charge in [0.05, 0.1) is 0 Å². The number of rotatable bonds is 7. The number of hydrogen-bond acceptors (Lipinski definition) is 3. The second-order valence-corrected chi connectivity index (χ2v) is 5.40. The Bertz CT molecular complexity index is 143. The fourth-order valence-electron chi connectivity index (χ4n) is 2.05. The van der Waals surface area contributed by atoms with Crippen LogP contribution in [0, 0.1) is 0 Å². The first-order valence-electron chi connectivity index (χ1n) is 6.40. The van der Waals surface area contributed by atoms with E-state index in [1.807, 2.05) is 0 Å². The molecule has 0 saturated carbocycles. The summed E-state index contributed by atoms with van der Waals surface area (Å²) in [5, 5.41) is 3.68. The Balaban J connectivity index is 1.95. The smallest absolute Gasteiger partial charge is 0.0158 e. The van der Waals surface area contributed by atoms with E-state index in [4.69, 9.17) is 0 Å². The average Bonchev–Trinajstić information content (AvgIpc) is 2.31. The Morgan fingerprint density at radius 2 is 2.13 bits per heavy atom. The lowest BCUT2D eigenvalue weighted by Gasteiger charge is -2.23. The van der Waals surface area contributed by atoms with Crippen LogP contribution in [0.25, 0.3) is 0 Å². The van der Waals surface area contributed by atoms with Crippen molar-refractivity contribution in [1.29, 1.82) is 0 Å². The molecular weight excluding hydrogens is 204 g/mol. The summed E-state index contributed by atoms with van der Waals surface area (Å²) in [5.74, 6) is 2.70. The maximum atomic E-state index is 3.68. The predicted molar refractivity (Wildman–Crippen MR) is 70.8 cm³/mol. The van der Waals surface area contributed by atoms with Gasteiger partial charge in [0.2, 0.25) is 0 Å². The highest BCUT2D eigenvalue weighted by Gasteiger charge is 2.12. The van der Waals surface area contributed by atoms with Gasteiger partial charge in [-0.1, -0.05) is 13.8 Å². The van der Waals surface area contributed by atoms with Gasteiger partial charge in [-0.25, -0.2) is 0 Å². The summed E-state index contributed by atoms with van der Waals surface area (Å²) in [5.41, 5.74) is 0. The van der Waals surface area contributed by atoms with Crippen molar-refractivity contribution in [2.75, 3.05) is 37.7 Å². The fraction of sp³-hybridized carbons (Fsp3) is 1.00. The van der Waals surface area contributed by atoms with Gasteiger partial charge in [-0.05, 0) is 51.2 Å². The van der Waals surface area contributed by atoms with Crippen LogP contribution in [-0.4, -0.2) is 48.6 Å². The Kier molecular flexibility index (Phi) is 7.49. The van der Waals surface area contributed by atoms with Gasteiger partial charge in [-0.2, -0.15) is 11.8 Å². The van der Waals surface area contributed by atoms with Crippen molar-refractivity contribution in [1.82, 2.24) is 10.2 Å². The fourth-order valence-corrected chi connectivity index (χ4v) is 3.16. The molecule has 15 heavy (non-hydrogen) atoms. The molecule has 0 radical (unpaired) electrons. The molecule has 1 saturated heterocycles. The van der Waals surface area contributed by atoms with Crippen molar-refractivity contribution in [2.24, 2.45) is 0 Å². The molecule has 1 atom stereocenters. The van der Waals surface area contributed by atoms with Gasteiger partial charge >= 0.3 is 0 Å². The van der Waals surface area contributed by atoms with Gasteiger partial charge in [-0.3, -0.25) is 0 Å². The number of nitrogens with zero attached hydrogens (tertiary/aromatic N) is 1. The lowest BCUT2D eigenvalue weighted by Crippen LogP contribution is -2.36. The van der Waals surface area contributed by atoms with Crippen molar-refractivity contribution < 1.29 is 0 Å². The molecular formula is C12H26N2S. The van der Waals surface area contributed by atoms with Gasteiger partial charge in [0.1, 0.15) is 0 Å². The third kappa shape index (κ3) is 5.79. The van der Waals surface area contributed by atoms with Crippen LogP contribution >= 0.6 is 11.8 Å². The van der Waals surface area contributed by atoms with Crippen molar-refractivity contribution in [3.63, 3.8) is 0 Å². The third-order valence-corrected chi connectivity index (χ3v) is 4.35. The van der Waals surface area contributed by atoms with Crippen LogP contribution in [0.2, 0.25) is 0 Å². The molecule has 0 spiro atoms. The third-order valence-electron chi connectivity index (χ3n) is 3.14. The molecule has 90 valence electrons. The van der Waals surface area contributed by atoms with Crippen LogP contribution in [0.15, 0.2) is 0 Å². The second-order valence-electron chi connectivity index (χ2n) is 4.25. The van der Waals surface area contributed by atoms with Crippen molar-refractivity contribution in [3.05, 3.63) is 0 Å². The Labute approximate surface area is 99.2 Å². The molecule has 0 amide bonds. The van der Waals surface area contributed by atoms with E-state index >= 15 is 0 Å². The molecule has 1 rings (SSSR count). The summed E-state index contributed by atoms with van der Waals surface area (Å²) in [6.45, 7) is 9.32. The van der Waals surface area contributed by atoms with Gasteiger partial charge in [-0.15, -0.1) is 0 Å². The van der Waals surface area contributed by atoms with Crippen molar-refractivity contribution in [3.8, 4) is 0 Å². The first-order valence-corrected chi connectivity index (χ1v) is 7.55. The van der Waals surface area contributed by atoms with E-state index in [9.17, 15) is 0 Å². The molecule has 1 aliphatic rings. The molecule has 0 bridgehead atoms. The average molecular weight is 230 g/mol. The normalized spacial score (nSPS) is 22.2. The molecule has 3 heteroatoms. The monoisotopic (exact) mass is 230 g/mol. The molecule has 1 heterocycles. The summed E-state index contributed by atoms with van der Waals surface area (Å²) >= 11 is 2.10. The SMILES string of the molecule is CCN(CC)CCCNC1CCCSC1. The highest BCUT2D eigenvalue weighted by Crippen LogP contribution is 2.16. The summed E-state index contributed by atoms with van der Waals surface area (Å²) < 4.78 is 0. The highest BCUT2D eigenvalue weighted by atomic mass is 32.2. The van der Waals surface area contributed by atoms with Crippen LogP contribution in [0.5, 0.6) is 0 Å². The minimum absolute atomic E-state index is 0.792. The van der Waals surface area contributed by atoms with E-state index in [2.05, 4.69) is 35.8 Å². The van der Waals surface area contributed by atoms with Gasteiger partial charge in [0.25, 0.3) is 0 Å². The Hall–Kier alpha value is 0.270. The Morgan fingerprint density at radius 3 is 2.73 bits per heavy atom. The first kappa shape index (κ1) is 13.3. The van der Waals surface area contributed by atoms with Crippen molar-refractivity contribution >= 4 is 11.8 Å². The summed E-state index contributed by atoms with van der Waals surface area (Å²) in [7, 11) is 0. The number of hydrogen-bond donors (Lipinski definition) is 1. The molecule has 0 aromatic carbocycles. The van der Waals surface area contributed by atoms with Gasteiger partial charge in [0, 0.05) is 11.8 Å². The van der Waals surface area contributed by atoms with Gasteiger partial charge < -0.3 is 10.2 Å². The number of nitrogens with one attached hydrogen (secondary N) is 1. The summed E-state index contributed by atoms with van der Waals surface area (Å²) in [6.07, 6.45) is 4.08. The second kappa shape index (κ2) is 8.43. The molecule has 1 aliphatic heterocycles. The lowest BCUT2D eigenvalue weighted by atomic mass is 10.2. The quantitative estimate of drug-likeness (QED) is 0.675. The van der Waals surface area contributed by atoms with E-state index in [-0.39, 0.29) is 0 Å². The maximum absolute atomic E-state index is 3.68. The zero-order valence-electron chi connectivity index (χ0n) is 10.3. The van der Waals surface area contributed by atoms with Crippen LogP contribution in [0.3, 0.4) is 0 Å². The molecule has 0 aromatic heterocycles. The molecule has 2 nitrogen and oxygen atoms in total. The molecule has 1 unspecified atom stereocenters. The minimum atomic E-state index is 0.792. The van der Waals surface area contributed by atoms with Gasteiger partial charge in [0.15, 0.2) is 0 Å². The first-order chi connectivity index (χ1) is 7.36. The topological polar surface area (TPSA) is 15.3 Å². The van der Waals surface area contributed by atoms with Crippen LogP contribution < -0.4 is 5.32 Å². The molecule has 1 fully saturated rings. The molecule has 1 N–H and O–H groups in total. The lowest BCUT2D eigenvalue weighted by molar-refractivity contribution is 0.295. The van der Waals surface area contributed by atoms with E-state index in [1.165, 1.54) is 56.9 Å². The van der Waals surface area contributed by atoms with Crippen LogP contribution in [0.1, 0.15) is 33.1 Å². The minimum Gasteiger partial charge on any atom is -0.313 e. The van der Waals surface area contributed by atoms with E-state index in [1.54, 1.807) is 0 Å². The van der Waals surface area contributed by atoms with Crippen LogP contribution in [0.4, 0.5) is 0 Å². The number of thioether (sulfide) groups is 1.